The van der Waals surface area contributed by atoms with Crippen molar-refractivity contribution < 1.29 is 23.5 Å². The van der Waals surface area contributed by atoms with Gasteiger partial charge in [-0.25, -0.2) is 14.0 Å². The molecule has 1 atom stereocenters. The van der Waals surface area contributed by atoms with Gasteiger partial charge in [0.2, 0.25) is 5.91 Å². The Morgan fingerprint density at radius 2 is 1.90 bits per heavy atom. The predicted molar refractivity (Wildman–Crippen MR) is 112 cm³/mol. The number of urea groups is 1. The normalized spacial score (nSPS) is 17.9. The number of nitrogens with one attached hydrogen (secondary N) is 2. The molecule has 2 aromatic rings. The van der Waals surface area contributed by atoms with Crippen molar-refractivity contribution in [3.05, 3.63) is 75.7 Å². The molecule has 7 nitrogen and oxygen atoms in total. The molecular weight excluding hydrogens is 401 g/mol. The van der Waals surface area contributed by atoms with Gasteiger partial charge in [0.25, 0.3) is 0 Å². The number of nitrogens with zero attached hydrogens (tertiary/aromatic N) is 1. The highest BCUT2D eigenvalue weighted by atomic mass is 19.1. The maximum absolute atomic E-state index is 13.7. The van der Waals surface area contributed by atoms with Gasteiger partial charge in [0, 0.05) is 5.69 Å². The summed E-state index contributed by atoms with van der Waals surface area (Å²) in [7, 11) is 0. The summed E-state index contributed by atoms with van der Waals surface area (Å²) in [6, 6.07) is 9.00. The molecule has 0 unspecified atom stereocenters. The molecular formula is C23H22FN3O4. The minimum Gasteiger partial charge on any atom is -0.456 e. The van der Waals surface area contributed by atoms with Crippen LogP contribution in [-0.2, 0) is 14.3 Å². The standard InChI is InChI=1S/C23H22FN3O4/c1-12-4-5-13(2)16(8-12)21-20-18(11-31-22(20)29)27(23(30)26-21)10-19(28)25-15-7-6-14(3)17(24)9-15/h4-9,21H,10-11H2,1-3H3,(H,25,28)(H,26,30)/t21-/m1/s1. The average molecular weight is 423 g/mol. The number of hydrogen-bond donors (Lipinski definition) is 2. The fraction of sp³-hybridized carbons (Fsp3) is 0.261. The van der Waals surface area contributed by atoms with Crippen molar-refractivity contribution in [1.82, 2.24) is 10.2 Å². The van der Waals surface area contributed by atoms with E-state index in [1.807, 2.05) is 32.0 Å². The molecule has 2 heterocycles. The molecule has 2 aromatic carbocycles. The van der Waals surface area contributed by atoms with E-state index in [0.717, 1.165) is 16.7 Å². The fourth-order valence-corrected chi connectivity index (χ4v) is 3.80. The molecule has 0 fully saturated rings. The summed E-state index contributed by atoms with van der Waals surface area (Å²) in [4.78, 5) is 39.1. The van der Waals surface area contributed by atoms with Gasteiger partial charge in [0.05, 0.1) is 17.3 Å². The summed E-state index contributed by atoms with van der Waals surface area (Å²) >= 11 is 0. The number of benzene rings is 2. The average Bonchev–Trinajstić information content (AvgIpc) is 3.10. The molecule has 4 rings (SSSR count). The van der Waals surface area contributed by atoms with E-state index in [9.17, 15) is 18.8 Å². The van der Waals surface area contributed by atoms with Gasteiger partial charge in [0.1, 0.15) is 19.0 Å². The van der Waals surface area contributed by atoms with E-state index in [2.05, 4.69) is 10.6 Å². The Morgan fingerprint density at radius 1 is 1.16 bits per heavy atom. The van der Waals surface area contributed by atoms with E-state index in [4.69, 9.17) is 4.74 Å². The lowest BCUT2D eigenvalue weighted by molar-refractivity contribution is -0.136. The number of aryl methyl sites for hydroxylation is 3. The second-order valence-electron chi connectivity index (χ2n) is 7.78. The molecule has 31 heavy (non-hydrogen) atoms. The number of cyclic esters (lactones) is 1. The highest BCUT2D eigenvalue weighted by Crippen LogP contribution is 2.36. The molecule has 8 heteroatoms. The number of halogens is 1. The molecule has 3 amide bonds. The first-order valence-electron chi connectivity index (χ1n) is 9.86. The number of anilines is 1. The van der Waals surface area contributed by atoms with E-state index in [0.29, 0.717) is 16.8 Å². The minimum absolute atomic E-state index is 0.0879. The molecule has 2 N–H and O–H groups in total. The van der Waals surface area contributed by atoms with E-state index >= 15 is 0 Å². The van der Waals surface area contributed by atoms with Crippen LogP contribution in [-0.4, -0.2) is 36.0 Å². The van der Waals surface area contributed by atoms with Gasteiger partial charge in [-0.2, -0.15) is 0 Å². The Balaban J connectivity index is 1.61. The maximum atomic E-state index is 13.7. The van der Waals surface area contributed by atoms with Crippen LogP contribution in [0.3, 0.4) is 0 Å². The van der Waals surface area contributed by atoms with Crippen LogP contribution in [0.25, 0.3) is 0 Å². The number of amides is 3. The molecule has 0 aromatic heterocycles. The summed E-state index contributed by atoms with van der Waals surface area (Å²) in [5.41, 5.74) is 4.16. The second-order valence-corrected chi connectivity index (χ2v) is 7.78. The molecule has 2 aliphatic heterocycles. The number of carbonyl (C=O) groups is 3. The van der Waals surface area contributed by atoms with Crippen molar-refractivity contribution in [3.8, 4) is 0 Å². The summed E-state index contributed by atoms with van der Waals surface area (Å²) in [6.45, 7) is 5.03. The summed E-state index contributed by atoms with van der Waals surface area (Å²) in [5, 5.41) is 5.41. The minimum atomic E-state index is -0.650. The molecule has 0 aliphatic carbocycles. The smallest absolute Gasteiger partial charge is 0.338 e. The SMILES string of the molecule is Cc1ccc(C)c([C@H]2NC(=O)N(CC(=O)Nc3ccc(C)c(F)c3)C3=C2C(=O)OC3)c1. The zero-order valence-corrected chi connectivity index (χ0v) is 17.4. The van der Waals surface area contributed by atoms with Gasteiger partial charge in [-0.3, -0.25) is 9.69 Å². The van der Waals surface area contributed by atoms with Gasteiger partial charge in [-0.05, 0) is 49.6 Å². The lowest BCUT2D eigenvalue weighted by Gasteiger charge is -2.33. The molecule has 0 radical (unpaired) electrons. The van der Waals surface area contributed by atoms with Crippen LogP contribution in [0.1, 0.15) is 28.3 Å². The van der Waals surface area contributed by atoms with E-state index in [1.165, 1.54) is 11.0 Å². The zero-order valence-electron chi connectivity index (χ0n) is 17.4. The monoisotopic (exact) mass is 423 g/mol. The van der Waals surface area contributed by atoms with Gasteiger partial charge in [0.15, 0.2) is 0 Å². The third-order valence-corrected chi connectivity index (χ3v) is 5.50. The van der Waals surface area contributed by atoms with E-state index in [-0.39, 0.29) is 18.8 Å². The Labute approximate surface area is 178 Å². The maximum Gasteiger partial charge on any atom is 0.338 e. The van der Waals surface area contributed by atoms with Crippen LogP contribution in [0.5, 0.6) is 0 Å². The third kappa shape index (κ3) is 3.88. The summed E-state index contributed by atoms with van der Waals surface area (Å²) in [5.74, 6) is -1.48. The van der Waals surface area contributed by atoms with Crippen molar-refractivity contribution in [2.24, 2.45) is 0 Å². The molecule has 0 saturated heterocycles. The van der Waals surface area contributed by atoms with Crippen molar-refractivity contribution in [1.29, 1.82) is 0 Å². The zero-order chi connectivity index (χ0) is 22.3. The van der Waals surface area contributed by atoms with Crippen LogP contribution >= 0.6 is 0 Å². The first kappa shape index (κ1) is 20.6. The van der Waals surface area contributed by atoms with Gasteiger partial charge in [-0.15, -0.1) is 0 Å². The van der Waals surface area contributed by atoms with Gasteiger partial charge < -0.3 is 15.4 Å². The van der Waals surface area contributed by atoms with Crippen LogP contribution < -0.4 is 10.6 Å². The second kappa shape index (κ2) is 7.86. The van der Waals surface area contributed by atoms with Crippen LogP contribution in [0, 0.1) is 26.6 Å². The van der Waals surface area contributed by atoms with E-state index < -0.39 is 29.8 Å². The predicted octanol–water partition coefficient (Wildman–Crippen LogP) is 3.27. The van der Waals surface area contributed by atoms with E-state index in [1.54, 1.807) is 19.1 Å². The van der Waals surface area contributed by atoms with Gasteiger partial charge in [-0.1, -0.05) is 29.8 Å². The summed E-state index contributed by atoms with van der Waals surface area (Å²) < 4.78 is 18.9. The fourth-order valence-electron chi connectivity index (χ4n) is 3.80. The Morgan fingerprint density at radius 3 is 2.65 bits per heavy atom. The first-order chi connectivity index (χ1) is 14.7. The molecule has 0 bridgehead atoms. The van der Waals surface area contributed by atoms with Crippen molar-refractivity contribution in [2.45, 2.75) is 26.8 Å². The Hall–Kier alpha value is -3.68. The lowest BCUT2D eigenvalue weighted by Crippen LogP contribution is -2.49. The highest BCUT2D eigenvalue weighted by molar-refractivity contribution is 6.00. The molecule has 2 aliphatic rings. The van der Waals surface area contributed by atoms with Crippen LogP contribution in [0.15, 0.2) is 47.7 Å². The molecule has 160 valence electrons. The largest absolute Gasteiger partial charge is 0.456 e. The van der Waals surface area contributed by atoms with Crippen LogP contribution in [0.2, 0.25) is 0 Å². The van der Waals surface area contributed by atoms with Crippen molar-refractivity contribution >= 4 is 23.6 Å². The van der Waals surface area contributed by atoms with Crippen molar-refractivity contribution in [3.63, 3.8) is 0 Å². The summed E-state index contributed by atoms with van der Waals surface area (Å²) in [6.07, 6.45) is 0. The molecule has 0 spiro atoms. The van der Waals surface area contributed by atoms with Gasteiger partial charge >= 0.3 is 12.0 Å². The lowest BCUT2D eigenvalue weighted by atomic mass is 9.91. The topological polar surface area (TPSA) is 87.7 Å². The number of esters is 1. The Kier molecular flexibility index (Phi) is 5.22. The quantitative estimate of drug-likeness (QED) is 0.739. The highest BCUT2D eigenvalue weighted by Gasteiger charge is 2.43. The molecule has 0 saturated carbocycles. The number of hydrogen-bond acceptors (Lipinski definition) is 4. The number of ether oxygens (including phenoxy) is 1. The van der Waals surface area contributed by atoms with Crippen molar-refractivity contribution in [2.75, 3.05) is 18.5 Å². The number of carbonyl (C=O) groups excluding carboxylic acids is 3. The van der Waals surface area contributed by atoms with Crippen LogP contribution in [0.4, 0.5) is 14.9 Å². The third-order valence-electron chi connectivity index (χ3n) is 5.50. The number of rotatable bonds is 4. The first-order valence-corrected chi connectivity index (χ1v) is 9.86. The Bertz CT molecular complexity index is 1140.